The van der Waals surface area contributed by atoms with Crippen molar-refractivity contribution < 1.29 is 23.0 Å². The van der Waals surface area contributed by atoms with E-state index < -0.39 is 17.7 Å². The number of hydrogen-bond acceptors (Lipinski definition) is 6. The van der Waals surface area contributed by atoms with E-state index in [2.05, 4.69) is 41.1 Å². The van der Waals surface area contributed by atoms with E-state index in [0.29, 0.717) is 45.3 Å². The van der Waals surface area contributed by atoms with Gasteiger partial charge in [0, 0.05) is 52.2 Å². The Morgan fingerprint density at radius 3 is 2.51 bits per heavy atom. The van der Waals surface area contributed by atoms with Crippen molar-refractivity contribution in [2.24, 2.45) is 11.7 Å². The van der Waals surface area contributed by atoms with Crippen LogP contribution in [-0.2, 0) is 4.74 Å². The molecule has 0 saturated carbocycles. The number of nitrogens with zero attached hydrogens (tertiary/aromatic N) is 1. The molecule has 7 nitrogen and oxygen atoms in total. The number of aromatic nitrogens is 1. The van der Waals surface area contributed by atoms with Gasteiger partial charge in [0.05, 0.1) is 29.5 Å². The van der Waals surface area contributed by atoms with Crippen LogP contribution < -0.4 is 21.1 Å². The third-order valence-corrected chi connectivity index (χ3v) is 8.75. The average Bonchev–Trinajstić information content (AvgIpc) is 3.48. The molecular formula is C38H38Cl2F2N4O3. The Kier molecular flexibility index (Phi) is 12.4. The molecule has 11 heteroatoms. The lowest BCUT2D eigenvalue weighted by molar-refractivity contribution is 0.0951. The Hall–Kier alpha value is -4.86. The quantitative estimate of drug-likeness (QED) is 0.131. The zero-order valence-corrected chi connectivity index (χ0v) is 29.0. The normalized spacial score (nSPS) is 16.8. The van der Waals surface area contributed by atoms with Crippen molar-refractivity contribution >= 4 is 40.0 Å². The number of hydrogen-bond donors (Lipinski definition) is 3. The Labute approximate surface area is 295 Å². The Balaban J connectivity index is 0.00000103. The number of dihydropyridines is 1. The van der Waals surface area contributed by atoms with Crippen LogP contribution in [0.3, 0.4) is 0 Å². The van der Waals surface area contributed by atoms with Crippen LogP contribution >= 0.6 is 23.2 Å². The predicted molar refractivity (Wildman–Crippen MR) is 193 cm³/mol. The molecule has 2 aliphatic heterocycles. The second-order valence-corrected chi connectivity index (χ2v) is 12.0. The second-order valence-electron chi connectivity index (χ2n) is 11.2. The van der Waals surface area contributed by atoms with Crippen LogP contribution in [0.5, 0.6) is 5.75 Å². The van der Waals surface area contributed by atoms with E-state index in [1.807, 2.05) is 43.3 Å². The lowest BCUT2D eigenvalue weighted by atomic mass is 9.87. The van der Waals surface area contributed by atoms with E-state index in [-0.39, 0.29) is 34.9 Å². The van der Waals surface area contributed by atoms with Gasteiger partial charge < -0.3 is 25.8 Å². The number of aryl methyl sites for hydroxylation is 1. The second kappa shape index (κ2) is 16.5. The molecule has 3 aromatic carbocycles. The number of amides is 1. The topological polar surface area (TPSA) is 98.5 Å². The van der Waals surface area contributed by atoms with Crippen LogP contribution in [0.4, 0.5) is 8.78 Å². The minimum Gasteiger partial charge on any atom is -0.494 e. The summed E-state index contributed by atoms with van der Waals surface area (Å²) in [5.41, 5.74) is 9.04. The fourth-order valence-corrected chi connectivity index (χ4v) is 6.04. The first kappa shape index (κ1) is 37.0. The zero-order valence-electron chi connectivity index (χ0n) is 27.5. The summed E-state index contributed by atoms with van der Waals surface area (Å²) in [6.45, 7) is 13.6. The Bertz CT molecular complexity index is 1920. The first-order valence-corrected chi connectivity index (χ1v) is 16.1. The highest BCUT2D eigenvalue weighted by Gasteiger charge is 2.37. The lowest BCUT2D eigenvalue weighted by Gasteiger charge is -2.32. The van der Waals surface area contributed by atoms with Crippen LogP contribution in [0.25, 0.3) is 10.9 Å². The summed E-state index contributed by atoms with van der Waals surface area (Å²) in [4.78, 5) is 18.1. The van der Waals surface area contributed by atoms with E-state index in [4.69, 9.17) is 32.7 Å². The van der Waals surface area contributed by atoms with E-state index >= 15 is 4.39 Å². The van der Waals surface area contributed by atoms with Crippen molar-refractivity contribution in [1.82, 2.24) is 15.6 Å². The van der Waals surface area contributed by atoms with E-state index in [0.717, 1.165) is 22.9 Å². The maximum atomic E-state index is 15.2. The molecule has 1 aromatic heterocycles. The minimum absolute atomic E-state index is 0.0451. The number of carbonyl (C=O) groups excluding carboxylic acids is 1. The van der Waals surface area contributed by atoms with Crippen molar-refractivity contribution in [3.05, 3.63) is 154 Å². The Morgan fingerprint density at radius 2 is 1.84 bits per heavy atom. The maximum Gasteiger partial charge on any atom is 0.251 e. The summed E-state index contributed by atoms with van der Waals surface area (Å²) < 4.78 is 40.8. The molecule has 0 bridgehead atoms. The summed E-state index contributed by atoms with van der Waals surface area (Å²) in [6, 6.07) is 16.2. The molecule has 0 spiro atoms. The van der Waals surface area contributed by atoms with Gasteiger partial charge in [-0.25, -0.2) is 13.8 Å². The molecule has 3 heterocycles. The predicted octanol–water partition coefficient (Wildman–Crippen LogP) is 8.69. The number of nitrogens with two attached hydrogens (primary N) is 1. The molecule has 0 radical (unpaired) electrons. The number of fused-ring (bicyclic) bond motifs is 1. The van der Waals surface area contributed by atoms with Gasteiger partial charge >= 0.3 is 0 Å². The van der Waals surface area contributed by atoms with Crippen molar-refractivity contribution in [3.8, 4) is 5.75 Å². The van der Waals surface area contributed by atoms with Gasteiger partial charge in [-0.1, -0.05) is 67.0 Å². The molecule has 4 N–H and O–H groups in total. The van der Waals surface area contributed by atoms with Gasteiger partial charge in [-0.3, -0.25) is 4.79 Å². The fourth-order valence-electron chi connectivity index (χ4n) is 5.71. The van der Waals surface area contributed by atoms with Crippen molar-refractivity contribution in [1.29, 1.82) is 0 Å². The number of nitrogens with one attached hydrogen (secondary N) is 2. The van der Waals surface area contributed by atoms with Gasteiger partial charge in [-0.15, -0.1) is 13.2 Å². The summed E-state index contributed by atoms with van der Waals surface area (Å²) in [7, 11) is 1.53. The van der Waals surface area contributed by atoms with Gasteiger partial charge in [0.25, 0.3) is 5.91 Å². The summed E-state index contributed by atoms with van der Waals surface area (Å²) in [5.74, 6) is -1.15. The lowest BCUT2D eigenvalue weighted by Crippen LogP contribution is -2.35. The number of benzene rings is 3. The zero-order chi connectivity index (χ0) is 35.8. The van der Waals surface area contributed by atoms with Gasteiger partial charge in [0.2, 0.25) is 0 Å². The van der Waals surface area contributed by atoms with Crippen LogP contribution in [0.15, 0.2) is 110 Å². The molecule has 4 aromatic rings. The van der Waals surface area contributed by atoms with Gasteiger partial charge in [0.15, 0.2) is 0 Å². The Morgan fingerprint density at radius 1 is 1.14 bits per heavy atom. The van der Waals surface area contributed by atoms with E-state index in [1.165, 1.54) is 19.4 Å². The first-order valence-electron chi connectivity index (χ1n) is 15.4. The number of ether oxygens (including phenoxy) is 2. The monoisotopic (exact) mass is 706 g/mol. The molecule has 1 amide bonds. The maximum absolute atomic E-state index is 15.2. The molecular weight excluding hydrogens is 669 g/mol. The molecule has 6 rings (SSSR count). The summed E-state index contributed by atoms with van der Waals surface area (Å²) in [6.07, 6.45) is 3.26. The van der Waals surface area contributed by atoms with Crippen LogP contribution in [0, 0.1) is 24.5 Å². The molecule has 3 unspecified atom stereocenters. The number of pyridine rings is 1. The number of methoxy groups -OCH3 is 1. The number of allylic oxidation sites excluding steroid dienone is 1. The van der Waals surface area contributed by atoms with Crippen LogP contribution in [0.1, 0.15) is 46.1 Å². The van der Waals surface area contributed by atoms with E-state index in [9.17, 15) is 9.18 Å². The highest BCUT2D eigenvalue weighted by atomic mass is 35.5. The SMILES string of the molecule is C=C.C=CN.COc1cc(C(=O)NCC(C2=CC3=C(OCC3C)C(c3cc(Cl)c(F)cc3F)N2)c2ccccc2)cc2cc(Cl)c(C)nc12. The van der Waals surface area contributed by atoms with Gasteiger partial charge in [-0.05, 0) is 49.0 Å². The van der Waals surface area contributed by atoms with Crippen molar-refractivity contribution in [2.75, 3.05) is 20.3 Å². The third-order valence-electron chi connectivity index (χ3n) is 8.08. The number of rotatable bonds is 7. The molecule has 3 atom stereocenters. The van der Waals surface area contributed by atoms with Gasteiger partial charge in [0.1, 0.15) is 34.7 Å². The molecule has 0 fully saturated rings. The van der Waals surface area contributed by atoms with Gasteiger partial charge in [-0.2, -0.15) is 0 Å². The summed E-state index contributed by atoms with van der Waals surface area (Å²) >= 11 is 12.4. The molecule has 49 heavy (non-hydrogen) atoms. The first-order chi connectivity index (χ1) is 23.6. The fraction of sp³-hybridized carbons (Fsp3) is 0.211. The highest BCUT2D eigenvalue weighted by Crippen LogP contribution is 2.42. The molecule has 2 aliphatic rings. The smallest absolute Gasteiger partial charge is 0.251 e. The largest absolute Gasteiger partial charge is 0.494 e. The number of halogens is 4. The highest BCUT2D eigenvalue weighted by molar-refractivity contribution is 6.32. The molecule has 0 aliphatic carbocycles. The average molecular weight is 708 g/mol. The van der Waals surface area contributed by atoms with Crippen molar-refractivity contribution in [3.63, 3.8) is 0 Å². The standard InChI is InChI=1S/C34H29Cl2F2N3O3.C2H5N.C2H4/c1-17-16-44-33-22(17)13-29(41-32(33)23-12-26(36)28(38)14-27(23)37)24(19-7-5-4-6-8-19)15-39-34(42)21-9-20-10-25(35)18(2)40-31(20)30(11-21)43-3;1-2-3;1-2/h4-14,17,24,32,41H,15-16H2,1-3H3,(H,39,42);2H,1,3H2;1-2H2. The van der Waals surface area contributed by atoms with Crippen LogP contribution in [0.2, 0.25) is 10.0 Å². The van der Waals surface area contributed by atoms with E-state index in [1.54, 1.807) is 25.1 Å². The summed E-state index contributed by atoms with van der Waals surface area (Å²) in [5, 5.41) is 7.48. The van der Waals surface area contributed by atoms with Crippen LogP contribution in [-0.4, -0.2) is 31.2 Å². The minimum atomic E-state index is -0.835. The molecule has 0 saturated heterocycles. The van der Waals surface area contributed by atoms with Crippen molar-refractivity contribution in [2.45, 2.75) is 25.8 Å². The number of carbonyl (C=O) groups is 1. The third kappa shape index (κ3) is 8.07. The molecule has 256 valence electrons.